The normalized spacial score (nSPS) is 12.2. The lowest BCUT2D eigenvalue weighted by Crippen LogP contribution is -2.05. The van der Waals surface area contributed by atoms with Crippen molar-refractivity contribution >= 4 is 49.3 Å². The first-order chi connectivity index (χ1) is 36.9. The maximum atomic E-state index is 9.61. The molecule has 6 heteroatoms. The molecule has 0 saturated carbocycles. The molecule has 0 aliphatic carbocycles. The Morgan fingerprint density at radius 2 is 0.987 bits per heavy atom. The van der Waals surface area contributed by atoms with E-state index < -0.39 is 0 Å². The van der Waals surface area contributed by atoms with Crippen LogP contribution in [-0.2, 0) is 0 Å². The highest BCUT2D eigenvalue weighted by Crippen LogP contribution is 2.48. The van der Waals surface area contributed by atoms with Gasteiger partial charge in [0.15, 0.2) is 17.5 Å². The second-order valence-electron chi connectivity index (χ2n) is 19.1. The molecular formula is C69H52N4O2. The van der Waals surface area contributed by atoms with Gasteiger partial charge < -0.3 is 14.1 Å². The van der Waals surface area contributed by atoms with Gasteiger partial charge in [-0.3, -0.25) is 0 Å². The van der Waals surface area contributed by atoms with Gasteiger partial charge in [-0.1, -0.05) is 220 Å². The lowest BCUT2D eigenvalue weighted by Gasteiger charge is -2.22. The van der Waals surface area contributed by atoms with Crippen molar-refractivity contribution < 1.29 is 9.52 Å². The Labute approximate surface area is 436 Å². The van der Waals surface area contributed by atoms with Gasteiger partial charge in [0.1, 0.15) is 16.9 Å². The van der Waals surface area contributed by atoms with Crippen LogP contribution in [0.3, 0.4) is 0 Å². The number of aliphatic hydroxyl groups is 1. The molecule has 0 fully saturated rings. The number of fused-ring (bicyclic) bond motifs is 6. The Hall–Kier alpha value is -9.65. The number of rotatable bonds is 14. The number of benzene rings is 9. The molecule has 6 nitrogen and oxygen atoms in total. The van der Waals surface area contributed by atoms with Gasteiger partial charge in [0.2, 0.25) is 0 Å². The first kappa shape index (κ1) is 46.4. The van der Waals surface area contributed by atoms with Crippen LogP contribution in [0.1, 0.15) is 25.6 Å². The predicted molar refractivity (Wildman–Crippen MR) is 312 cm³/mol. The molecule has 0 bridgehead atoms. The standard InChI is InChI=1S/C69H52N4O2/c1-45(38-39-47(3)74)22-16-17-23-46(2)67-70-68(52-40-41-57-56-32-18-19-37-62(56)75-63(57)44-52)72-69(71-67)53-42-60(50-28-12-6-13-29-50)66(61(43-53)51-30-14-7-15-31-51)73-64-54(48-24-8-4-9-25-48)33-20-35-58(64)59-36-21-34-55(65(59)73)49-26-10-5-11-27-49/h4-15,17-21,23-45,74H,2-3,16,22H2,1H3/b23-17-,39-38-. The molecular weight excluding hydrogens is 917 g/mol. The Morgan fingerprint density at radius 3 is 1.55 bits per heavy atom. The molecule has 1 N–H and O–H groups in total. The predicted octanol–water partition coefficient (Wildman–Crippen LogP) is 18.5. The van der Waals surface area contributed by atoms with E-state index in [9.17, 15) is 5.11 Å². The minimum absolute atomic E-state index is 0.0502. The summed E-state index contributed by atoms with van der Waals surface area (Å²) >= 11 is 0. The van der Waals surface area contributed by atoms with E-state index in [-0.39, 0.29) is 11.7 Å². The van der Waals surface area contributed by atoms with Crippen LogP contribution in [0.4, 0.5) is 0 Å². The molecule has 1 atom stereocenters. The molecule has 1 unspecified atom stereocenters. The largest absolute Gasteiger partial charge is 0.509 e. The number of aliphatic hydroxyl groups excluding tert-OH is 1. The van der Waals surface area contributed by atoms with Gasteiger partial charge in [0.25, 0.3) is 0 Å². The minimum atomic E-state index is 0.0502. The van der Waals surface area contributed by atoms with Crippen molar-refractivity contribution in [2.75, 3.05) is 0 Å². The molecule has 0 saturated heterocycles. The van der Waals surface area contributed by atoms with Crippen LogP contribution in [0, 0.1) is 5.92 Å². The Balaban J connectivity index is 1.13. The lowest BCUT2D eigenvalue weighted by molar-refractivity contribution is 0.434. The summed E-state index contributed by atoms with van der Waals surface area (Å²) in [6.07, 6.45) is 9.39. The van der Waals surface area contributed by atoms with E-state index in [2.05, 4.69) is 219 Å². The smallest absolute Gasteiger partial charge is 0.164 e. The van der Waals surface area contributed by atoms with Gasteiger partial charge >= 0.3 is 0 Å². The van der Waals surface area contributed by atoms with E-state index in [0.717, 1.165) is 118 Å². The van der Waals surface area contributed by atoms with Gasteiger partial charge in [-0.15, -0.1) is 0 Å². The number of furan rings is 1. The third-order valence-corrected chi connectivity index (χ3v) is 14.0. The van der Waals surface area contributed by atoms with Crippen LogP contribution in [0.15, 0.2) is 260 Å². The molecule has 360 valence electrons. The summed E-state index contributed by atoms with van der Waals surface area (Å²) in [7, 11) is 0. The summed E-state index contributed by atoms with van der Waals surface area (Å²) < 4.78 is 8.94. The SMILES string of the molecule is C=C(O)/C=C\C(C)CC/C=C\C(=C)c1nc(-c2cc(-c3ccccc3)c(-n3c4c(-c5ccccc5)cccc4c4cccc(-c5ccccc5)c43)c(-c3ccccc3)c2)nc(-c2ccc3c(c2)oc2ccccc23)n1. The van der Waals surface area contributed by atoms with Gasteiger partial charge in [-0.25, -0.2) is 15.0 Å². The minimum Gasteiger partial charge on any atom is -0.509 e. The molecule has 0 aliphatic heterocycles. The number of aromatic nitrogens is 4. The zero-order chi connectivity index (χ0) is 50.8. The Morgan fingerprint density at radius 1 is 0.493 bits per heavy atom. The summed E-state index contributed by atoms with van der Waals surface area (Å²) in [5.74, 6) is 1.77. The van der Waals surface area contributed by atoms with Crippen molar-refractivity contribution in [2.24, 2.45) is 5.92 Å². The molecule has 9 aromatic carbocycles. The summed E-state index contributed by atoms with van der Waals surface area (Å²) in [6, 6.07) is 74.9. The molecule has 75 heavy (non-hydrogen) atoms. The van der Waals surface area contributed by atoms with E-state index in [1.54, 1.807) is 6.08 Å². The van der Waals surface area contributed by atoms with Crippen LogP contribution in [-0.4, -0.2) is 24.6 Å². The molecule has 12 rings (SSSR count). The highest BCUT2D eigenvalue weighted by molar-refractivity contribution is 6.18. The maximum Gasteiger partial charge on any atom is 0.164 e. The first-order valence-corrected chi connectivity index (χ1v) is 25.4. The molecule has 0 spiro atoms. The zero-order valence-corrected chi connectivity index (χ0v) is 41.6. The average Bonchev–Trinajstić information content (AvgIpc) is 4.13. The van der Waals surface area contributed by atoms with Crippen LogP contribution < -0.4 is 0 Å². The van der Waals surface area contributed by atoms with Gasteiger partial charge in [-0.2, -0.15) is 0 Å². The lowest BCUT2D eigenvalue weighted by atomic mass is 9.92. The quantitative estimate of drug-likeness (QED) is 0.0868. The molecule has 0 radical (unpaired) electrons. The number of hydrogen-bond donors (Lipinski definition) is 1. The number of hydrogen-bond acceptors (Lipinski definition) is 5. The van der Waals surface area contributed by atoms with Gasteiger partial charge in [0.05, 0.1) is 16.7 Å². The van der Waals surface area contributed by atoms with E-state index in [4.69, 9.17) is 19.4 Å². The Kier molecular flexibility index (Phi) is 12.4. The molecule has 0 amide bonds. The monoisotopic (exact) mass is 968 g/mol. The third kappa shape index (κ3) is 9.04. The van der Waals surface area contributed by atoms with Crippen molar-refractivity contribution in [2.45, 2.75) is 19.8 Å². The van der Waals surface area contributed by atoms with E-state index in [0.29, 0.717) is 23.0 Å². The second kappa shape index (κ2) is 20.1. The topological polar surface area (TPSA) is 77.0 Å². The van der Waals surface area contributed by atoms with E-state index >= 15 is 0 Å². The fourth-order valence-corrected chi connectivity index (χ4v) is 10.4. The fraction of sp³-hybridized carbons (Fsp3) is 0.0580. The fourth-order valence-electron chi connectivity index (χ4n) is 10.4. The highest BCUT2D eigenvalue weighted by Gasteiger charge is 2.26. The second-order valence-corrected chi connectivity index (χ2v) is 19.1. The van der Waals surface area contributed by atoms with Crippen molar-refractivity contribution in [3.8, 4) is 73.0 Å². The molecule has 0 aliphatic rings. The van der Waals surface area contributed by atoms with Crippen LogP contribution >= 0.6 is 0 Å². The number of allylic oxidation sites excluding steroid dienone is 5. The Bertz CT molecular complexity index is 4010. The average molecular weight is 969 g/mol. The molecule has 3 heterocycles. The summed E-state index contributed by atoms with van der Waals surface area (Å²) in [4.78, 5) is 15.8. The van der Waals surface area contributed by atoms with Crippen LogP contribution in [0.5, 0.6) is 0 Å². The molecule has 12 aromatic rings. The summed E-state index contributed by atoms with van der Waals surface area (Å²) in [5.41, 5.74) is 15.7. The molecule has 3 aromatic heterocycles. The highest BCUT2D eigenvalue weighted by atomic mass is 16.3. The van der Waals surface area contributed by atoms with Crippen molar-refractivity contribution in [3.63, 3.8) is 0 Å². The van der Waals surface area contributed by atoms with Crippen molar-refractivity contribution in [1.29, 1.82) is 0 Å². The van der Waals surface area contributed by atoms with Gasteiger partial charge in [0, 0.05) is 60.5 Å². The van der Waals surface area contributed by atoms with E-state index in [1.807, 2.05) is 36.4 Å². The zero-order valence-electron chi connectivity index (χ0n) is 41.6. The van der Waals surface area contributed by atoms with Gasteiger partial charge in [-0.05, 0) is 77.4 Å². The van der Waals surface area contributed by atoms with Crippen LogP contribution in [0.25, 0.3) is 122 Å². The number of para-hydroxylation sites is 3. The van der Waals surface area contributed by atoms with Crippen LogP contribution in [0.2, 0.25) is 0 Å². The first-order valence-electron chi connectivity index (χ1n) is 25.4. The van der Waals surface area contributed by atoms with E-state index in [1.165, 1.54) is 0 Å². The summed E-state index contributed by atoms with van der Waals surface area (Å²) in [6.45, 7) is 10.2. The summed E-state index contributed by atoms with van der Waals surface area (Å²) in [5, 5.41) is 14.0. The van der Waals surface area contributed by atoms with Crippen molar-refractivity contribution in [1.82, 2.24) is 19.5 Å². The third-order valence-electron chi connectivity index (χ3n) is 14.0. The maximum absolute atomic E-state index is 9.61. The number of nitrogens with zero attached hydrogens (tertiary/aromatic N) is 4. The van der Waals surface area contributed by atoms with Crippen molar-refractivity contribution in [3.05, 3.63) is 261 Å².